The molecule has 4 rings (SSSR count). The molecule has 0 radical (unpaired) electrons. The van der Waals surface area contributed by atoms with Crippen LogP contribution < -0.4 is 10.2 Å². The lowest BCUT2D eigenvalue weighted by Gasteiger charge is -2.24. The third-order valence-electron chi connectivity index (χ3n) is 3.75. The molecule has 1 saturated heterocycles. The SMILES string of the molecule is c1nc2c([nH]1)CNC(c1nc(N3CCOCC3)no1)C2. The second-order valence-corrected chi connectivity index (χ2v) is 5.00. The van der Waals surface area contributed by atoms with Gasteiger partial charge in [0, 0.05) is 26.1 Å². The first-order valence-corrected chi connectivity index (χ1v) is 6.81. The standard InChI is InChI=1S/C12H16N6O2/c1-3-19-4-2-18(1)12-16-11(20-17-12)9-5-8-10(6-13-9)15-7-14-8/h7,9,13H,1-6H2,(H,14,15). The lowest BCUT2D eigenvalue weighted by atomic mass is 10.1. The predicted molar refractivity (Wildman–Crippen MR) is 69.2 cm³/mol. The summed E-state index contributed by atoms with van der Waals surface area (Å²) in [6.45, 7) is 3.78. The van der Waals surface area contributed by atoms with Gasteiger partial charge in [-0.15, -0.1) is 0 Å². The summed E-state index contributed by atoms with van der Waals surface area (Å²) in [5, 5.41) is 7.46. The summed E-state index contributed by atoms with van der Waals surface area (Å²) in [6.07, 6.45) is 2.49. The van der Waals surface area contributed by atoms with Gasteiger partial charge >= 0.3 is 0 Å². The molecule has 0 aliphatic carbocycles. The number of morpholine rings is 1. The van der Waals surface area contributed by atoms with E-state index in [1.54, 1.807) is 6.33 Å². The maximum absolute atomic E-state index is 5.40. The van der Waals surface area contributed by atoms with Crippen LogP contribution in [0.15, 0.2) is 10.9 Å². The molecule has 2 aromatic rings. The number of fused-ring (bicyclic) bond motifs is 1. The van der Waals surface area contributed by atoms with E-state index in [-0.39, 0.29) is 6.04 Å². The van der Waals surface area contributed by atoms with Crippen LogP contribution in [0, 0.1) is 0 Å². The fourth-order valence-electron chi connectivity index (χ4n) is 2.60. The van der Waals surface area contributed by atoms with Gasteiger partial charge in [-0.25, -0.2) is 4.98 Å². The van der Waals surface area contributed by atoms with E-state index in [9.17, 15) is 0 Å². The van der Waals surface area contributed by atoms with Crippen molar-refractivity contribution in [1.29, 1.82) is 0 Å². The Bertz CT molecular complexity index is 588. The van der Waals surface area contributed by atoms with Crippen LogP contribution in [-0.4, -0.2) is 46.4 Å². The highest BCUT2D eigenvalue weighted by Crippen LogP contribution is 2.24. The molecular weight excluding hydrogens is 260 g/mol. The quantitative estimate of drug-likeness (QED) is 0.798. The van der Waals surface area contributed by atoms with Gasteiger partial charge in [0.05, 0.1) is 37.0 Å². The molecule has 106 valence electrons. The average molecular weight is 276 g/mol. The molecule has 4 heterocycles. The summed E-state index contributed by atoms with van der Waals surface area (Å²) in [6, 6.07) is 0.0353. The zero-order valence-corrected chi connectivity index (χ0v) is 11.0. The van der Waals surface area contributed by atoms with Gasteiger partial charge in [-0.05, 0) is 5.16 Å². The van der Waals surface area contributed by atoms with E-state index in [4.69, 9.17) is 9.26 Å². The summed E-state index contributed by atoms with van der Waals surface area (Å²) in [4.78, 5) is 14.0. The molecule has 0 saturated carbocycles. The van der Waals surface area contributed by atoms with Crippen LogP contribution >= 0.6 is 0 Å². The first-order valence-electron chi connectivity index (χ1n) is 6.81. The molecule has 20 heavy (non-hydrogen) atoms. The maximum Gasteiger partial charge on any atom is 0.266 e. The molecule has 2 aliphatic rings. The lowest BCUT2D eigenvalue weighted by molar-refractivity contribution is 0.121. The Morgan fingerprint density at radius 2 is 2.20 bits per heavy atom. The first kappa shape index (κ1) is 11.9. The van der Waals surface area contributed by atoms with Gasteiger partial charge in [-0.3, -0.25) is 5.32 Å². The molecule has 2 aliphatic heterocycles. The second kappa shape index (κ2) is 4.88. The number of nitrogens with zero attached hydrogens (tertiary/aromatic N) is 4. The Morgan fingerprint density at radius 3 is 3.10 bits per heavy atom. The van der Waals surface area contributed by atoms with Crippen molar-refractivity contribution in [3.05, 3.63) is 23.6 Å². The third-order valence-corrected chi connectivity index (χ3v) is 3.75. The first-order chi connectivity index (χ1) is 9.90. The number of hydrogen-bond donors (Lipinski definition) is 2. The van der Waals surface area contributed by atoms with Crippen LogP contribution in [0.2, 0.25) is 0 Å². The normalized spacial score (nSPS) is 22.8. The van der Waals surface area contributed by atoms with Gasteiger partial charge in [0.1, 0.15) is 0 Å². The molecular formula is C12H16N6O2. The molecule has 0 spiro atoms. The largest absolute Gasteiger partial charge is 0.378 e. The van der Waals surface area contributed by atoms with Gasteiger partial charge in [0.2, 0.25) is 5.89 Å². The van der Waals surface area contributed by atoms with E-state index in [2.05, 4.69) is 30.3 Å². The van der Waals surface area contributed by atoms with E-state index in [0.29, 0.717) is 25.1 Å². The Morgan fingerprint density at radius 1 is 1.30 bits per heavy atom. The number of H-pyrrole nitrogens is 1. The zero-order chi connectivity index (χ0) is 13.4. The molecule has 0 bridgehead atoms. The monoisotopic (exact) mass is 276 g/mol. The van der Waals surface area contributed by atoms with Gasteiger partial charge in [-0.2, -0.15) is 4.98 Å². The van der Waals surface area contributed by atoms with Crippen molar-refractivity contribution in [2.45, 2.75) is 19.0 Å². The Hall–Kier alpha value is -1.93. The topological polar surface area (TPSA) is 92.1 Å². The highest BCUT2D eigenvalue weighted by Gasteiger charge is 2.27. The van der Waals surface area contributed by atoms with E-state index >= 15 is 0 Å². The van der Waals surface area contributed by atoms with Crippen molar-refractivity contribution in [1.82, 2.24) is 25.4 Å². The minimum Gasteiger partial charge on any atom is -0.378 e. The minimum absolute atomic E-state index is 0.0353. The second-order valence-electron chi connectivity index (χ2n) is 5.00. The molecule has 2 aromatic heterocycles. The van der Waals surface area contributed by atoms with Crippen molar-refractivity contribution in [3.8, 4) is 0 Å². The van der Waals surface area contributed by atoms with Crippen LogP contribution in [0.3, 0.4) is 0 Å². The van der Waals surface area contributed by atoms with Gasteiger partial charge < -0.3 is 19.1 Å². The number of nitrogens with one attached hydrogen (secondary N) is 2. The fourth-order valence-corrected chi connectivity index (χ4v) is 2.60. The number of anilines is 1. The predicted octanol–water partition coefficient (Wildman–Crippen LogP) is 0.0163. The Balaban J connectivity index is 1.51. The van der Waals surface area contributed by atoms with E-state index in [1.165, 1.54) is 0 Å². The molecule has 8 heteroatoms. The molecule has 1 unspecified atom stereocenters. The fraction of sp³-hybridized carbons (Fsp3) is 0.583. The summed E-state index contributed by atoms with van der Waals surface area (Å²) in [7, 11) is 0. The molecule has 0 aromatic carbocycles. The van der Waals surface area contributed by atoms with Crippen LogP contribution in [0.25, 0.3) is 0 Å². The van der Waals surface area contributed by atoms with Crippen molar-refractivity contribution in [3.63, 3.8) is 0 Å². The summed E-state index contributed by atoms with van der Waals surface area (Å²) < 4.78 is 10.7. The smallest absolute Gasteiger partial charge is 0.266 e. The summed E-state index contributed by atoms with van der Waals surface area (Å²) in [5.74, 6) is 1.28. The highest BCUT2D eigenvalue weighted by molar-refractivity contribution is 5.29. The molecule has 2 N–H and O–H groups in total. The highest BCUT2D eigenvalue weighted by atomic mass is 16.5. The summed E-state index contributed by atoms with van der Waals surface area (Å²) in [5.41, 5.74) is 2.20. The third kappa shape index (κ3) is 2.06. The van der Waals surface area contributed by atoms with Crippen molar-refractivity contribution in [2.24, 2.45) is 0 Å². The number of ether oxygens (including phenoxy) is 1. The Labute approximate surface area is 115 Å². The maximum atomic E-state index is 5.40. The molecule has 8 nitrogen and oxygen atoms in total. The number of imidazole rings is 1. The van der Waals surface area contributed by atoms with Gasteiger partial charge in [0.15, 0.2) is 0 Å². The summed E-state index contributed by atoms with van der Waals surface area (Å²) >= 11 is 0. The average Bonchev–Trinajstić information content (AvgIpc) is 3.16. The number of aromatic nitrogens is 4. The number of hydrogen-bond acceptors (Lipinski definition) is 7. The van der Waals surface area contributed by atoms with Crippen LogP contribution in [-0.2, 0) is 17.7 Å². The van der Waals surface area contributed by atoms with Crippen LogP contribution in [0.5, 0.6) is 0 Å². The van der Waals surface area contributed by atoms with E-state index < -0.39 is 0 Å². The van der Waals surface area contributed by atoms with Gasteiger partial charge in [-0.1, -0.05) is 0 Å². The number of aromatic amines is 1. The van der Waals surface area contributed by atoms with E-state index in [0.717, 1.165) is 37.4 Å². The lowest BCUT2D eigenvalue weighted by Crippen LogP contribution is -2.37. The molecule has 0 amide bonds. The zero-order valence-electron chi connectivity index (χ0n) is 11.0. The Kier molecular flexibility index (Phi) is 2.89. The van der Waals surface area contributed by atoms with E-state index in [1.807, 2.05) is 0 Å². The van der Waals surface area contributed by atoms with Gasteiger partial charge in [0.25, 0.3) is 5.95 Å². The van der Waals surface area contributed by atoms with Crippen LogP contribution in [0.1, 0.15) is 23.3 Å². The molecule has 1 atom stereocenters. The van der Waals surface area contributed by atoms with Crippen LogP contribution in [0.4, 0.5) is 5.95 Å². The molecule has 1 fully saturated rings. The van der Waals surface area contributed by atoms with Crippen molar-refractivity contribution >= 4 is 5.95 Å². The van der Waals surface area contributed by atoms with Crippen molar-refractivity contribution < 1.29 is 9.26 Å². The van der Waals surface area contributed by atoms with Crippen molar-refractivity contribution in [2.75, 3.05) is 31.2 Å². The number of rotatable bonds is 2. The minimum atomic E-state index is 0.0353.